The smallest absolute Gasteiger partial charge is 0.137 e. The molecule has 1 N–H and O–H groups in total. The number of carbonyl (C=O) groups excluding carboxylic acids is 1. The molecule has 3 aliphatic carbocycles. The van der Waals surface area contributed by atoms with Crippen LogP contribution in [0.4, 0.5) is 0 Å². The Hall–Kier alpha value is 0.734. The molecule has 0 aromatic heterocycles. The third-order valence-corrected chi connectivity index (χ3v) is 8.56. The van der Waals surface area contributed by atoms with Crippen LogP contribution in [0.5, 0.6) is 0 Å². The summed E-state index contributed by atoms with van der Waals surface area (Å²) in [6, 6.07) is 0. The molecule has 0 aromatic carbocycles. The second-order valence-corrected chi connectivity index (χ2v) is 8.95. The van der Waals surface area contributed by atoms with Crippen LogP contribution >= 0.6 is 0 Å². The topological polar surface area (TPSA) is 37.3 Å². The molecule has 0 saturated heterocycles. The standard InChI is InChI=1S/C20H33O2.Y/c1-12-10-16(11-21)19(5)13(2)6-8-20(15(4)14(12)3)9-7-17(22)18(19)20;/h13-16,18,21H,6-11H2,1-5H3;/q-1;. The third-order valence-electron chi connectivity index (χ3n) is 8.56. The predicted octanol–water partition coefficient (Wildman–Crippen LogP) is 4.26. The van der Waals surface area contributed by atoms with Gasteiger partial charge in [-0.3, -0.25) is 4.79 Å². The molecule has 0 amide bonds. The van der Waals surface area contributed by atoms with E-state index in [-0.39, 0.29) is 62.0 Å². The molecule has 1 radical (unpaired) electrons. The Morgan fingerprint density at radius 3 is 2.52 bits per heavy atom. The average molecular weight is 394 g/mol. The van der Waals surface area contributed by atoms with Gasteiger partial charge in [0, 0.05) is 51.7 Å². The van der Waals surface area contributed by atoms with Crippen LogP contribution in [-0.2, 0) is 37.5 Å². The number of rotatable bonds is 1. The zero-order valence-corrected chi connectivity index (χ0v) is 18.4. The van der Waals surface area contributed by atoms with Crippen LogP contribution in [-0.4, -0.2) is 17.5 Å². The first kappa shape index (κ1) is 20.1. The van der Waals surface area contributed by atoms with Gasteiger partial charge in [0.2, 0.25) is 0 Å². The van der Waals surface area contributed by atoms with E-state index in [1.165, 1.54) is 18.8 Å². The molecule has 0 aromatic rings. The van der Waals surface area contributed by atoms with Crippen LogP contribution in [0.1, 0.15) is 66.7 Å². The van der Waals surface area contributed by atoms with Gasteiger partial charge in [0.15, 0.2) is 0 Å². The molecule has 3 saturated carbocycles. The number of Topliss-reactive ketones (excluding diaryl/α,β-unsaturated/α-hetero) is 1. The molecule has 3 heteroatoms. The van der Waals surface area contributed by atoms with Gasteiger partial charge < -0.3 is 11.0 Å². The molecular formula is C20H33O2Y-. The van der Waals surface area contributed by atoms with E-state index in [9.17, 15) is 9.90 Å². The van der Waals surface area contributed by atoms with Crippen molar-refractivity contribution in [2.45, 2.75) is 66.7 Å². The number of hydrogen-bond acceptors (Lipinski definition) is 2. The number of ketones is 1. The van der Waals surface area contributed by atoms with Crippen LogP contribution in [0, 0.1) is 46.3 Å². The van der Waals surface area contributed by atoms with Crippen molar-refractivity contribution in [2.75, 3.05) is 6.61 Å². The molecule has 23 heavy (non-hydrogen) atoms. The number of carbonyl (C=O) groups is 1. The molecule has 0 heterocycles. The van der Waals surface area contributed by atoms with Gasteiger partial charge in [0.05, 0.1) is 0 Å². The summed E-state index contributed by atoms with van der Waals surface area (Å²) in [6.45, 7) is 11.9. The summed E-state index contributed by atoms with van der Waals surface area (Å²) in [5.41, 5.74) is 0.156. The molecule has 0 aliphatic heterocycles. The monoisotopic (exact) mass is 394 g/mol. The number of hydrogen-bond donors (Lipinski definition) is 1. The summed E-state index contributed by atoms with van der Waals surface area (Å²) in [4.78, 5) is 12.9. The summed E-state index contributed by atoms with van der Waals surface area (Å²) in [5.74, 6) is 4.10. The Morgan fingerprint density at radius 1 is 1.26 bits per heavy atom. The van der Waals surface area contributed by atoms with E-state index in [1.807, 2.05) is 0 Å². The third kappa shape index (κ3) is 2.65. The fourth-order valence-corrected chi connectivity index (χ4v) is 6.62. The van der Waals surface area contributed by atoms with Gasteiger partial charge in [0.25, 0.3) is 0 Å². The zero-order chi connectivity index (χ0) is 16.3. The van der Waals surface area contributed by atoms with Crippen LogP contribution in [0.15, 0.2) is 0 Å². The van der Waals surface area contributed by atoms with Crippen molar-refractivity contribution in [1.29, 1.82) is 0 Å². The second kappa shape index (κ2) is 6.80. The van der Waals surface area contributed by atoms with Crippen molar-refractivity contribution in [3.63, 3.8) is 0 Å². The first-order chi connectivity index (χ1) is 10.3. The summed E-state index contributed by atoms with van der Waals surface area (Å²) in [6.07, 6.45) is 5.25. The van der Waals surface area contributed by atoms with Crippen molar-refractivity contribution in [1.82, 2.24) is 0 Å². The van der Waals surface area contributed by atoms with Gasteiger partial charge in [0.1, 0.15) is 5.78 Å². The predicted molar refractivity (Wildman–Crippen MR) is 89.1 cm³/mol. The Bertz CT molecular complexity index is 465. The van der Waals surface area contributed by atoms with E-state index in [0.717, 1.165) is 19.3 Å². The molecule has 7 unspecified atom stereocenters. The fraction of sp³-hybridized carbons (Fsp3) is 0.900. The molecule has 7 atom stereocenters. The van der Waals surface area contributed by atoms with Crippen LogP contribution < -0.4 is 0 Å². The molecule has 3 rings (SSSR count). The van der Waals surface area contributed by atoms with E-state index in [4.69, 9.17) is 0 Å². The molecule has 2 bridgehead atoms. The SMILES string of the molecule is C[C-]1CC(CO)C2(C)C(C)CCC3(CCC(=O)C32)C(C)C1C.[Y]. The van der Waals surface area contributed by atoms with Crippen molar-refractivity contribution < 1.29 is 42.6 Å². The van der Waals surface area contributed by atoms with Gasteiger partial charge >= 0.3 is 0 Å². The van der Waals surface area contributed by atoms with Crippen molar-refractivity contribution in [3.05, 3.63) is 5.92 Å². The van der Waals surface area contributed by atoms with Gasteiger partial charge in [-0.1, -0.05) is 33.6 Å². The maximum atomic E-state index is 12.9. The van der Waals surface area contributed by atoms with Crippen LogP contribution in [0.3, 0.4) is 0 Å². The number of aliphatic hydroxyl groups excluding tert-OH is 1. The molecule has 129 valence electrons. The maximum absolute atomic E-state index is 12.9. The van der Waals surface area contributed by atoms with Crippen LogP contribution in [0.25, 0.3) is 0 Å². The zero-order valence-electron chi connectivity index (χ0n) is 15.6. The average Bonchev–Trinajstić information content (AvgIpc) is 2.85. The fourth-order valence-electron chi connectivity index (χ4n) is 6.62. The molecule has 3 fully saturated rings. The molecule has 2 nitrogen and oxygen atoms in total. The van der Waals surface area contributed by atoms with Gasteiger partial charge in [-0.15, -0.1) is 0 Å². The minimum Gasteiger partial charge on any atom is -0.396 e. The Morgan fingerprint density at radius 2 is 1.91 bits per heavy atom. The van der Waals surface area contributed by atoms with E-state index in [1.54, 1.807) is 0 Å². The van der Waals surface area contributed by atoms with Crippen molar-refractivity contribution in [3.8, 4) is 0 Å². The quantitative estimate of drug-likeness (QED) is 0.675. The molecule has 3 aliphatic rings. The Labute approximate surface area is 167 Å². The van der Waals surface area contributed by atoms with Crippen LogP contribution in [0.2, 0.25) is 0 Å². The van der Waals surface area contributed by atoms with Crippen molar-refractivity contribution in [2.24, 2.45) is 40.4 Å². The molecule has 0 spiro atoms. The van der Waals surface area contributed by atoms with Crippen molar-refractivity contribution >= 4 is 5.78 Å². The molecular weight excluding hydrogens is 361 g/mol. The minimum absolute atomic E-state index is 0. The van der Waals surface area contributed by atoms with Gasteiger partial charge in [-0.2, -0.15) is 19.3 Å². The Balaban J connectivity index is 0.00000192. The normalized spacial score (nSPS) is 50.7. The van der Waals surface area contributed by atoms with Gasteiger partial charge in [-0.25, -0.2) is 0 Å². The summed E-state index contributed by atoms with van der Waals surface area (Å²) < 4.78 is 0. The summed E-state index contributed by atoms with van der Waals surface area (Å²) >= 11 is 0. The Kier molecular flexibility index (Phi) is 5.93. The summed E-state index contributed by atoms with van der Waals surface area (Å²) in [7, 11) is 0. The van der Waals surface area contributed by atoms with E-state index in [2.05, 4.69) is 34.6 Å². The first-order valence-corrected chi connectivity index (χ1v) is 9.25. The maximum Gasteiger partial charge on any atom is 0.137 e. The number of aliphatic hydroxyl groups is 1. The van der Waals surface area contributed by atoms with E-state index >= 15 is 0 Å². The van der Waals surface area contributed by atoms with E-state index in [0.29, 0.717) is 23.5 Å². The second-order valence-electron chi connectivity index (χ2n) is 8.95. The largest absolute Gasteiger partial charge is 0.396 e. The minimum atomic E-state index is -0.0315. The summed E-state index contributed by atoms with van der Waals surface area (Å²) in [5, 5.41) is 10.2. The first-order valence-electron chi connectivity index (χ1n) is 9.25. The van der Waals surface area contributed by atoms with Gasteiger partial charge in [-0.05, 0) is 41.9 Å². The van der Waals surface area contributed by atoms with E-state index < -0.39 is 0 Å².